The van der Waals surface area contributed by atoms with Gasteiger partial charge < -0.3 is 0 Å². The van der Waals surface area contributed by atoms with E-state index in [-0.39, 0.29) is 11.4 Å². The first-order valence-corrected chi connectivity index (χ1v) is 9.17. The van der Waals surface area contributed by atoms with Gasteiger partial charge in [-0.1, -0.05) is 0 Å². The minimum atomic E-state index is -3.62. The molecule has 1 aliphatic rings. The summed E-state index contributed by atoms with van der Waals surface area (Å²) in [5, 5.41) is 12.6. The molecule has 0 aromatic carbocycles. The van der Waals surface area contributed by atoms with Gasteiger partial charge in [0, 0.05) is 30.8 Å². The Kier molecular flexibility index (Phi) is 3.94. The zero-order chi connectivity index (χ0) is 15.7. The van der Waals surface area contributed by atoms with Gasteiger partial charge in [-0.3, -0.25) is 0 Å². The van der Waals surface area contributed by atoms with Crippen LogP contribution in [0.4, 0.5) is 0 Å². The minimum Gasteiger partial charge on any atom is -0.249 e. The van der Waals surface area contributed by atoms with Gasteiger partial charge in [-0.25, -0.2) is 17.6 Å². The summed E-state index contributed by atoms with van der Waals surface area (Å²) in [6, 6.07) is 4.75. The molecule has 0 spiro atoms. The van der Waals surface area contributed by atoms with Crippen molar-refractivity contribution in [2.75, 3.05) is 24.6 Å². The van der Waals surface area contributed by atoms with Crippen LogP contribution in [0.15, 0.2) is 28.0 Å². The van der Waals surface area contributed by atoms with Gasteiger partial charge >= 0.3 is 5.69 Å². The van der Waals surface area contributed by atoms with Crippen molar-refractivity contribution in [1.29, 1.82) is 5.26 Å². The Morgan fingerprint density at radius 2 is 2.05 bits per heavy atom. The van der Waals surface area contributed by atoms with Gasteiger partial charge in [-0.15, -0.1) is 5.10 Å². The molecular weight excluding hydrogens is 326 g/mol. The van der Waals surface area contributed by atoms with Gasteiger partial charge in [-0.2, -0.15) is 26.0 Å². The molecule has 22 heavy (non-hydrogen) atoms. The van der Waals surface area contributed by atoms with E-state index in [2.05, 4.69) is 5.10 Å². The minimum absolute atomic E-state index is 0.0607. The quantitative estimate of drug-likeness (QED) is 0.765. The summed E-state index contributed by atoms with van der Waals surface area (Å²) in [6.07, 6.45) is 1.27. The summed E-state index contributed by atoms with van der Waals surface area (Å²) in [5.41, 5.74) is -0.212. The van der Waals surface area contributed by atoms with Gasteiger partial charge in [-0.05, 0) is 12.1 Å². The van der Waals surface area contributed by atoms with Crippen LogP contribution in [0, 0.1) is 11.3 Å². The molecule has 116 valence electrons. The van der Waals surface area contributed by atoms with Gasteiger partial charge in [0.2, 0.25) is 10.0 Å². The van der Waals surface area contributed by atoms with E-state index in [0.29, 0.717) is 18.7 Å². The summed E-state index contributed by atoms with van der Waals surface area (Å²) in [5.74, 6) is 1.53. The highest BCUT2D eigenvalue weighted by atomic mass is 32.2. The second kappa shape index (κ2) is 5.75. The third-order valence-corrected chi connectivity index (χ3v) is 6.20. The molecule has 0 atom stereocenters. The molecule has 1 aliphatic heterocycles. The lowest BCUT2D eigenvalue weighted by Crippen LogP contribution is -2.38. The van der Waals surface area contributed by atoms with Crippen molar-refractivity contribution in [2.24, 2.45) is 0 Å². The molecule has 0 bridgehead atoms. The summed E-state index contributed by atoms with van der Waals surface area (Å²) in [7, 11) is -3.62. The molecule has 0 saturated carbocycles. The van der Waals surface area contributed by atoms with Gasteiger partial charge in [0.1, 0.15) is 6.54 Å². The number of rotatable bonds is 3. The highest BCUT2D eigenvalue weighted by molar-refractivity contribution is 7.99. The van der Waals surface area contributed by atoms with E-state index in [1.807, 2.05) is 6.07 Å². The molecule has 0 unspecified atom stereocenters. The van der Waals surface area contributed by atoms with Crippen molar-refractivity contribution in [2.45, 2.75) is 11.4 Å². The third kappa shape index (κ3) is 2.51. The van der Waals surface area contributed by atoms with E-state index in [4.69, 9.17) is 5.26 Å². The lowest BCUT2D eigenvalue weighted by atomic mass is 10.5. The maximum Gasteiger partial charge on any atom is 0.351 e. The standard InChI is InChI=1S/C12H13N5O3S2/c13-3-4-17-12(18)16-9-10(1-2-11(16)14-17)22(19,20)15-5-7-21-8-6-15/h1-2,9H,4-8H2. The number of hydrogen-bond donors (Lipinski definition) is 0. The van der Waals surface area contributed by atoms with Crippen LogP contribution in [-0.2, 0) is 16.6 Å². The first kappa shape index (κ1) is 15.1. The Morgan fingerprint density at radius 3 is 2.73 bits per heavy atom. The maximum absolute atomic E-state index is 12.6. The summed E-state index contributed by atoms with van der Waals surface area (Å²) in [6.45, 7) is 0.757. The smallest absolute Gasteiger partial charge is 0.249 e. The molecule has 0 aliphatic carbocycles. The number of sulfonamides is 1. The fourth-order valence-electron chi connectivity index (χ4n) is 2.26. The second-order valence-electron chi connectivity index (χ2n) is 4.71. The molecule has 2 aromatic rings. The lowest BCUT2D eigenvalue weighted by molar-refractivity contribution is 0.443. The Labute approximate surface area is 131 Å². The van der Waals surface area contributed by atoms with Crippen LogP contribution in [0.25, 0.3) is 5.65 Å². The first-order valence-electron chi connectivity index (χ1n) is 6.58. The predicted molar refractivity (Wildman–Crippen MR) is 81.1 cm³/mol. The molecule has 2 aromatic heterocycles. The van der Waals surface area contributed by atoms with Gasteiger partial charge in [0.05, 0.1) is 11.0 Å². The van der Waals surface area contributed by atoms with Crippen LogP contribution >= 0.6 is 11.8 Å². The van der Waals surface area contributed by atoms with Gasteiger partial charge in [0.25, 0.3) is 0 Å². The van der Waals surface area contributed by atoms with E-state index in [1.165, 1.54) is 22.6 Å². The average Bonchev–Trinajstić information content (AvgIpc) is 2.84. The van der Waals surface area contributed by atoms with Crippen LogP contribution in [-0.4, -0.2) is 51.5 Å². The Morgan fingerprint density at radius 1 is 1.32 bits per heavy atom. The summed E-state index contributed by atoms with van der Waals surface area (Å²) >= 11 is 1.72. The van der Waals surface area contributed by atoms with Crippen LogP contribution in [0.3, 0.4) is 0 Å². The summed E-state index contributed by atoms with van der Waals surface area (Å²) in [4.78, 5) is 12.1. The monoisotopic (exact) mass is 339 g/mol. The maximum atomic E-state index is 12.6. The number of hydrogen-bond acceptors (Lipinski definition) is 6. The molecule has 1 saturated heterocycles. The van der Waals surface area contributed by atoms with Crippen molar-refractivity contribution >= 4 is 27.4 Å². The van der Waals surface area contributed by atoms with Crippen LogP contribution in [0.1, 0.15) is 0 Å². The Hall–Kier alpha value is -1.83. The molecule has 3 rings (SSSR count). The molecule has 0 N–H and O–H groups in total. The number of nitriles is 1. The Bertz CT molecular complexity index is 903. The van der Waals surface area contributed by atoms with Crippen molar-refractivity contribution in [3.05, 3.63) is 28.8 Å². The second-order valence-corrected chi connectivity index (χ2v) is 7.87. The first-order chi connectivity index (χ1) is 10.5. The van der Waals surface area contributed by atoms with Crippen molar-refractivity contribution in [3.63, 3.8) is 0 Å². The largest absolute Gasteiger partial charge is 0.351 e. The van der Waals surface area contributed by atoms with E-state index in [0.717, 1.165) is 20.6 Å². The molecule has 10 heteroatoms. The lowest BCUT2D eigenvalue weighted by Gasteiger charge is -2.25. The molecule has 1 fully saturated rings. The number of fused-ring (bicyclic) bond motifs is 1. The molecule has 0 amide bonds. The predicted octanol–water partition coefficient (Wildman–Crippen LogP) is -0.243. The number of thioether (sulfide) groups is 1. The van der Waals surface area contributed by atoms with Crippen molar-refractivity contribution < 1.29 is 8.42 Å². The fourth-order valence-corrected chi connectivity index (χ4v) is 4.83. The number of aromatic nitrogens is 3. The van der Waals surface area contributed by atoms with Gasteiger partial charge in [0.15, 0.2) is 5.65 Å². The van der Waals surface area contributed by atoms with E-state index >= 15 is 0 Å². The Balaban J connectivity index is 2.06. The summed E-state index contributed by atoms with van der Waals surface area (Å²) < 4.78 is 28.8. The van der Waals surface area contributed by atoms with Crippen molar-refractivity contribution in [1.82, 2.24) is 18.5 Å². The average molecular weight is 339 g/mol. The highest BCUT2D eigenvalue weighted by Gasteiger charge is 2.26. The normalized spacial score (nSPS) is 16.7. The fraction of sp³-hybridized carbons (Fsp3) is 0.417. The zero-order valence-corrected chi connectivity index (χ0v) is 13.2. The molecular formula is C12H13N5O3S2. The van der Waals surface area contributed by atoms with E-state index in [1.54, 1.807) is 11.8 Å². The number of pyridine rings is 1. The van der Waals surface area contributed by atoms with E-state index in [9.17, 15) is 13.2 Å². The molecule has 8 nitrogen and oxygen atoms in total. The zero-order valence-electron chi connectivity index (χ0n) is 11.5. The number of nitrogens with zero attached hydrogens (tertiary/aromatic N) is 5. The molecule has 0 radical (unpaired) electrons. The van der Waals surface area contributed by atoms with E-state index < -0.39 is 15.7 Å². The van der Waals surface area contributed by atoms with Crippen LogP contribution in [0.5, 0.6) is 0 Å². The molecule has 3 heterocycles. The highest BCUT2D eigenvalue weighted by Crippen LogP contribution is 2.20. The van der Waals surface area contributed by atoms with Crippen molar-refractivity contribution in [3.8, 4) is 6.07 Å². The topological polar surface area (TPSA) is 100 Å². The van der Waals surface area contributed by atoms with Crippen LogP contribution in [0.2, 0.25) is 0 Å². The third-order valence-electron chi connectivity index (χ3n) is 3.38. The SMILES string of the molecule is N#CCn1nc2ccc(S(=O)(=O)N3CCSCC3)cn2c1=O. The van der Waals surface area contributed by atoms with Crippen LogP contribution < -0.4 is 5.69 Å².